The first-order valence-corrected chi connectivity index (χ1v) is 6.37. The SMILES string of the molecule is CCOC(=O)C(CC)Nc1ccc(NC(C)=O)cc1. The van der Waals surface area contributed by atoms with Crippen molar-refractivity contribution in [3.8, 4) is 0 Å². The van der Waals surface area contributed by atoms with Gasteiger partial charge in [-0.3, -0.25) is 4.79 Å². The van der Waals surface area contributed by atoms with E-state index in [4.69, 9.17) is 4.74 Å². The van der Waals surface area contributed by atoms with Crippen LogP contribution in [0.3, 0.4) is 0 Å². The van der Waals surface area contributed by atoms with Crippen LogP contribution in [0.4, 0.5) is 11.4 Å². The van der Waals surface area contributed by atoms with Gasteiger partial charge in [0.1, 0.15) is 6.04 Å². The van der Waals surface area contributed by atoms with Gasteiger partial charge in [0.05, 0.1) is 6.61 Å². The van der Waals surface area contributed by atoms with Crippen LogP contribution in [-0.2, 0) is 14.3 Å². The second kappa shape index (κ2) is 7.41. The highest BCUT2D eigenvalue weighted by Gasteiger charge is 2.16. The van der Waals surface area contributed by atoms with Crippen molar-refractivity contribution in [2.24, 2.45) is 0 Å². The monoisotopic (exact) mass is 264 g/mol. The van der Waals surface area contributed by atoms with Crippen LogP contribution < -0.4 is 10.6 Å². The normalized spacial score (nSPS) is 11.5. The molecule has 0 saturated heterocycles. The molecule has 0 aromatic heterocycles. The Morgan fingerprint density at radius 3 is 2.21 bits per heavy atom. The Balaban J connectivity index is 2.65. The van der Waals surface area contributed by atoms with Crippen LogP contribution in [0.2, 0.25) is 0 Å². The van der Waals surface area contributed by atoms with E-state index in [0.717, 1.165) is 11.4 Å². The molecule has 1 atom stereocenters. The minimum atomic E-state index is -0.355. The van der Waals surface area contributed by atoms with Gasteiger partial charge < -0.3 is 15.4 Å². The van der Waals surface area contributed by atoms with E-state index in [1.165, 1.54) is 6.92 Å². The van der Waals surface area contributed by atoms with Crippen molar-refractivity contribution >= 4 is 23.3 Å². The molecule has 0 fully saturated rings. The van der Waals surface area contributed by atoms with Gasteiger partial charge in [-0.2, -0.15) is 0 Å². The van der Waals surface area contributed by atoms with Gasteiger partial charge in [0, 0.05) is 18.3 Å². The van der Waals surface area contributed by atoms with E-state index < -0.39 is 0 Å². The third kappa shape index (κ3) is 4.99. The number of benzene rings is 1. The highest BCUT2D eigenvalue weighted by molar-refractivity contribution is 5.88. The van der Waals surface area contributed by atoms with Crippen LogP contribution in [0.1, 0.15) is 27.2 Å². The van der Waals surface area contributed by atoms with Gasteiger partial charge in [-0.25, -0.2) is 4.79 Å². The lowest BCUT2D eigenvalue weighted by molar-refractivity contribution is -0.144. The Morgan fingerprint density at radius 1 is 1.16 bits per heavy atom. The maximum Gasteiger partial charge on any atom is 0.328 e. The molecule has 0 aliphatic carbocycles. The molecule has 0 heterocycles. The topological polar surface area (TPSA) is 67.4 Å². The summed E-state index contributed by atoms with van der Waals surface area (Å²) in [6, 6.07) is 6.83. The Kier molecular flexibility index (Phi) is 5.85. The summed E-state index contributed by atoms with van der Waals surface area (Å²) in [6.07, 6.45) is 0.645. The molecule has 5 heteroatoms. The predicted octanol–water partition coefficient (Wildman–Crippen LogP) is 2.40. The Bertz CT molecular complexity index is 429. The number of anilines is 2. The average molecular weight is 264 g/mol. The minimum absolute atomic E-state index is 0.112. The van der Waals surface area contributed by atoms with Crippen LogP contribution in [0.25, 0.3) is 0 Å². The fourth-order valence-corrected chi connectivity index (χ4v) is 1.62. The molecule has 0 radical (unpaired) electrons. The van der Waals surface area contributed by atoms with Crippen LogP contribution >= 0.6 is 0 Å². The molecule has 104 valence electrons. The fourth-order valence-electron chi connectivity index (χ4n) is 1.62. The Labute approximate surface area is 113 Å². The lowest BCUT2D eigenvalue weighted by Crippen LogP contribution is -2.30. The zero-order valence-corrected chi connectivity index (χ0v) is 11.5. The number of hydrogen-bond donors (Lipinski definition) is 2. The number of hydrogen-bond acceptors (Lipinski definition) is 4. The lowest BCUT2D eigenvalue weighted by atomic mass is 10.2. The van der Waals surface area contributed by atoms with Crippen LogP contribution in [0, 0.1) is 0 Å². The molecule has 1 rings (SSSR count). The standard InChI is InChI=1S/C14H20N2O3/c1-4-13(14(18)19-5-2)16-12-8-6-11(7-9-12)15-10(3)17/h6-9,13,16H,4-5H2,1-3H3,(H,15,17). The quantitative estimate of drug-likeness (QED) is 0.774. The zero-order valence-electron chi connectivity index (χ0n) is 11.5. The van der Waals surface area contributed by atoms with Crippen molar-refractivity contribution in [1.82, 2.24) is 0 Å². The molecule has 2 N–H and O–H groups in total. The molecule has 1 aromatic carbocycles. The first-order chi connectivity index (χ1) is 9.06. The maximum absolute atomic E-state index is 11.6. The molecular weight excluding hydrogens is 244 g/mol. The van der Waals surface area contributed by atoms with E-state index in [-0.39, 0.29) is 17.9 Å². The summed E-state index contributed by atoms with van der Waals surface area (Å²) in [5, 5.41) is 5.79. The molecule has 5 nitrogen and oxygen atoms in total. The average Bonchev–Trinajstić information content (AvgIpc) is 2.37. The highest BCUT2D eigenvalue weighted by Crippen LogP contribution is 2.15. The van der Waals surface area contributed by atoms with Gasteiger partial charge in [0.25, 0.3) is 0 Å². The third-order valence-electron chi connectivity index (χ3n) is 2.53. The summed E-state index contributed by atoms with van der Waals surface area (Å²) < 4.78 is 4.99. The van der Waals surface area contributed by atoms with E-state index in [0.29, 0.717) is 13.0 Å². The first kappa shape index (κ1) is 15.0. The number of esters is 1. The highest BCUT2D eigenvalue weighted by atomic mass is 16.5. The number of nitrogens with one attached hydrogen (secondary N) is 2. The van der Waals surface area contributed by atoms with Crippen molar-refractivity contribution in [3.63, 3.8) is 0 Å². The third-order valence-corrected chi connectivity index (χ3v) is 2.53. The molecule has 0 saturated carbocycles. The summed E-state index contributed by atoms with van der Waals surface area (Å²) in [5.41, 5.74) is 1.54. The van der Waals surface area contributed by atoms with E-state index in [1.807, 2.05) is 19.1 Å². The molecule has 0 bridgehead atoms. The van der Waals surface area contributed by atoms with Crippen LogP contribution in [0.15, 0.2) is 24.3 Å². The molecule has 0 aliphatic heterocycles. The Morgan fingerprint density at radius 2 is 1.74 bits per heavy atom. The van der Waals surface area contributed by atoms with Crippen LogP contribution in [-0.4, -0.2) is 24.5 Å². The van der Waals surface area contributed by atoms with Gasteiger partial charge in [-0.05, 0) is 37.6 Å². The molecule has 0 aliphatic rings. The molecule has 0 spiro atoms. The summed E-state index contributed by atoms with van der Waals surface area (Å²) in [4.78, 5) is 22.5. The van der Waals surface area contributed by atoms with Gasteiger partial charge in [0.2, 0.25) is 5.91 Å². The van der Waals surface area contributed by atoms with E-state index in [2.05, 4.69) is 10.6 Å². The van der Waals surface area contributed by atoms with Gasteiger partial charge in [0.15, 0.2) is 0 Å². The molecular formula is C14H20N2O3. The van der Waals surface area contributed by atoms with Gasteiger partial charge in [-0.15, -0.1) is 0 Å². The van der Waals surface area contributed by atoms with Gasteiger partial charge in [-0.1, -0.05) is 6.92 Å². The number of rotatable bonds is 6. The number of amides is 1. The summed E-state index contributed by atoms with van der Waals surface area (Å²) in [5.74, 6) is -0.366. The number of ether oxygens (including phenoxy) is 1. The number of carbonyl (C=O) groups is 2. The second-order valence-corrected chi connectivity index (χ2v) is 4.12. The van der Waals surface area contributed by atoms with Crippen molar-refractivity contribution in [2.45, 2.75) is 33.2 Å². The molecule has 19 heavy (non-hydrogen) atoms. The van der Waals surface area contributed by atoms with E-state index in [1.54, 1.807) is 19.1 Å². The van der Waals surface area contributed by atoms with Crippen LogP contribution in [0.5, 0.6) is 0 Å². The van der Waals surface area contributed by atoms with Gasteiger partial charge >= 0.3 is 5.97 Å². The summed E-state index contributed by atoms with van der Waals surface area (Å²) >= 11 is 0. The maximum atomic E-state index is 11.6. The molecule has 1 amide bonds. The lowest BCUT2D eigenvalue weighted by Gasteiger charge is -2.16. The predicted molar refractivity (Wildman–Crippen MR) is 75.1 cm³/mol. The molecule has 1 aromatic rings. The summed E-state index contributed by atoms with van der Waals surface area (Å²) in [7, 11) is 0. The largest absolute Gasteiger partial charge is 0.464 e. The van der Waals surface area contributed by atoms with Crippen molar-refractivity contribution in [2.75, 3.05) is 17.2 Å². The Hall–Kier alpha value is -2.04. The zero-order chi connectivity index (χ0) is 14.3. The van der Waals surface area contributed by atoms with Crippen molar-refractivity contribution in [1.29, 1.82) is 0 Å². The second-order valence-electron chi connectivity index (χ2n) is 4.12. The first-order valence-electron chi connectivity index (χ1n) is 6.37. The fraction of sp³-hybridized carbons (Fsp3) is 0.429. The smallest absolute Gasteiger partial charge is 0.328 e. The molecule has 1 unspecified atom stereocenters. The summed E-state index contributed by atoms with van der Waals surface area (Å²) in [6.45, 7) is 5.53. The van der Waals surface area contributed by atoms with E-state index >= 15 is 0 Å². The minimum Gasteiger partial charge on any atom is -0.464 e. The van der Waals surface area contributed by atoms with E-state index in [9.17, 15) is 9.59 Å². The van der Waals surface area contributed by atoms with Crippen molar-refractivity contribution < 1.29 is 14.3 Å². The van der Waals surface area contributed by atoms with Crippen molar-refractivity contribution in [3.05, 3.63) is 24.3 Å². The number of carbonyl (C=O) groups excluding carboxylic acids is 2.